The number of hydrogen-bond acceptors (Lipinski definition) is 5. The van der Waals surface area contributed by atoms with Crippen molar-refractivity contribution in [2.45, 2.75) is 20.8 Å². The predicted octanol–water partition coefficient (Wildman–Crippen LogP) is 4.46. The molecule has 30 heavy (non-hydrogen) atoms. The topological polar surface area (TPSA) is 77.5 Å². The van der Waals surface area contributed by atoms with Crippen LogP contribution in [0.15, 0.2) is 54.9 Å². The van der Waals surface area contributed by atoms with E-state index in [1.807, 2.05) is 37.3 Å². The first kappa shape index (κ1) is 18.2. The summed E-state index contributed by atoms with van der Waals surface area (Å²) < 4.78 is 9.35. The van der Waals surface area contributed by atoms with Gasteiger partial charge in [0, 0.05) is 11.4 Å². The van der Waals surface area contributed by atoms with E-state index < -0.39 is 0 Å². The second kappa shape index (κ2) is 6.88. The fourth-order valence-corrected chi connectivity index (χ4v) is 3.81. The highest BCUT2D eigenvalue weighted by Crippen LogP contribution is 2.32. The summed E-state index contributed by atoms with van der Waals surface area (Å²) >= 11 is 0. The minimum Gasteiger partial charge on any atom is -0.507 e. The summed E-state index contributed by atoms with van der Waals surface area (Å²) in [5.74, 6) is 1.46. The summed E-state index contributed by atoms with van der Waals surface area (Å²) in [5, 5.41) is 15.7. The average molecular weight is 399 g/mol. The van der Waals surface area contributed by atoms with Crippen molar-refractivity contribution in [1.29, 1.82) is 0 Å². The summed E-state index contributed by atoms with van der Waals surface area (Å²) in [6.45, 7) is 6.75. The maximum Gasteiger partial charge on any atom is 0.185 e. The third-order valence-corrected chi connectivity index (χ3v) is 5.38. The van der Waals surface area contributed by atoms with Crippen molar-refractivity contribution in [3.8, 4) is 28.6 Å². The number of fused-ring (bicyclic) bond motifs is 3. The fourth-order valence-electron chi connectivity index (χ4n) is 3.81. The Labute approximate surface area is 173 Å². The molecule has 150 valence electrons. The molecule has 0 bridgehead atoms. The highest BCUT2D eigenvalue weighted by Gasteiger charge is 2.20. The van der Waals surface area contributed by atoms with Crippen LogP contribution >= 0.6 is 0 Å². The summed E-state index contributed by atoms with van der Waals surface area (Å²) in [4.78, 5) is 9.42. The SMILES string of the molecule is CCOc1ccc(-n2c(C)c(C)c3c2ncn2nc(-c4ccccc4O)nc32)cc1. The van der Waals surface area contributed by atoms with E-state index in [-0.39, 0.29) is 5.75 Å². The Hall–Kier alpha value is -3.87. The van der Waals surface area contributed by atoms with Crippen LogP contribution in [0.5, 0.6) is 11.5 Å². The monoisotopic (exact) mass is 399 g/mol. The van der Waals surface area contributed by atoms with Crippen LogP contribution in [0, 0.1) is 13.8 Å². The normalized spacial score (nSPS) is 11.4. The van der Waals surface area contributed by atoms with Crippen LogP contribution < -0.4 is 4.74 Å². The van der Waals surface area contributed by atoms with E-state index in [1.54, 1.807) is 29.0 Å². The van der Waals surface area contributed by atoms with E-state index in [9.17, 15) is 5.11 Å². The Morgan fingerprint density at radius 2 is 1.77 bits per heavy atom. The summed E-state index contributed by atoms with van der Waals surface area (Å²) in [7, 11) is 0. The van der Waals surface area contributed by atoms with Gasteiger partial charge < -0.3 is 9.84 Å². The molecule has 0 fully saturated rings. The van der Waals surface area contributed by atoms with Gasteiger partial charge in [-0.15, -0.1) is 5.10 Å². The van der Waals surface area contributed by atoms with Crippen LogP contribution in [-0.2, 0) is 0 Å². The average Bonchev–Trinajstić information content (AvgIpc) is 3.29. The Morgan fingerprint density at radius 1 is 1.00 bits per heavy atom. The number of aromatic nitrogens is 5. The minimum atomic E-state index is 0.150. The molecule has 7 heteroatoms. The van der Waals surface area contributed by atoms with Crippen molar-refractivity contribution in [3.05, 3.63) is 66.1 Å². The number of hydrogen-bond donors (Lipinski definition) is 1. The van der Waals surface area contributed by atoms with Crippen LogP contribution in [-0.4, -0.2) is 35.9 Å². The van der Waals surface area contributed by atoms with E-state index in [2.05, 4.69) is 28.5 Å². The number of ether oxygens (including phenoxy) is 1. The lowest BCUT2D eigenvalue weighted by atomic mass is 10.2. The third kappa shape index (κ3) is 2.70. The van der Waals surface area contributed by atoms with Crippen molar-refractivity contribution < 1.29 is 9.84 Å². The first-order valence-electron chi connectivity index (χ1n) is 9.83. The lowest BCUT2D eigenvalue weighted by Gasteiger charge is -2.09. The molecule has 0 saturated carbocycles. The summed E-state index contributed by atoms with van der Waals surface area (Å²) in [5.41, 5.74) is 5.30. The van der Waals surface area contributed by atoms with E-state index in [0.717, 1.165) is 33.7 Å². The highest BCUT2D eigenvalue weighted by molar-refractivity contribution is 5.95. The van der Waals surface area contributed by atoms with Gasteiger partial charge in [-0.25, -0.2) is 14.5 Å². The second-order valence-electron chi connectivity index (χ2n) is 7.14. The van der Waals surface area contributed by atoms with Crippen LogP contribution in [0.3, 0.4) is 0 Å². The lowest BCUT2D eigenvalue weighted by molar-refractivity contribution is 0.340. The van der Waals surface area contributed by atoms with Gasteiger partial charge in [-0.2, -0.15) is 0 Å². The Bertz CT molecular complexity index is 1380. The molecule has 5 rings (SSSR count). The number of rotatable bonds is 4. The Balaban J connectivity index is 1.72. The van der Waals surface area contributed by atoms with Crippen molar-refractivity contribution >= 4 is 16.7 Å². The van der Waals surface area contributed by atoms with Gasteiger partial charge in [-0.3, -0.25) is 4.57 Å². The van der Waals surface area contributed by atoms with Crippen LogP contribution in [0.2, 0.25) is 0 Å². The largest absolute Gasteiger partial charge is 0.507 e. The van der Waals surface area contributed by atoms with Crippen molar-refractivity contribution in [2.24, 2.45) is 0 Å². The first-order valence-corrected chi connectivity index (χ1v) is 9.83. The second-order valence-corrected chi connectivity index (χ2v) is 7.14. The molecule has 0 aliphatic rings. The van der Waals surface area contributed by atoms with Gasteiger partial charge in [0.2, 0.25) is 0 Å². The molecule has 2 aromatic carbocycles. The molecule has 0 radical (unpaired) electrons. The molecule has 0 aliphatic heterocycles. The fraction of sp³-hybridized carbons (Fsp3) is 0.174. The van der Waals surface area contributed by atoms with Crippen LogP contribution in [0.25, 0.3) is 33.8 Å². The number of phenols is 1. The Morgan fingerprint density at radius 3 is 2.50 bits per heavy atom. The van der Waals surface area contributed by atoms with E-state index in [0.29, 0.717) is 23.6 Å². The van der Waals surface area contributed by atoms with Gasteiger partial charge in [0.05, 0.1) is 17.6 Å². The van der Waals surface area contributed by atoms with Gasteiger partial charge in [-0.1, -0.05) is 12.1 Å². The maximum atomic E-state index is 10.2. The zero-order chi connectivity index (χ0) is 20.8. The van der Waals surface area contributed by atoms with Gasteiger partial charge in [0.25, 0.3) is 0 Å². The number of aromatic hydroxyl groups is 1. The first-order chi connectivity index (χ1) is 14.6. The molecule has 0 saturated heterocycles. The molecule has 0 spiro atoms. The number of aryl methyl sites for hydroxylation is 1. The molecule has 7 nitrogen and oxygen atoms in total. The van der Waals surface area contributed by atoms with Gasteiger partial charge in [0.1, 0.15) is 17.8 Å². The number of para-hydroxylation sites is 1. The van der Waals surface area contributed by atoms with Gasteiger partial charge in [0.15, 0.2) is 17.1 Å². The number of benzene rings is 2. The van der Waals surface area contributed by atoms with Gasteiger partial charge in [-0.05, 0) is 62.7 Å². The maximum absolute atomic E-state index is 10.2. The third-order valence-electron chi connectivity index (χ3n) is 5.38. The lowest BCUT2D eigenvalue weighted by Crippen LogP contribution is -1.99. The standard InChI is InChI=1S/C23H21N5O2/c1-4-30-17-11-9-16(10-12-17)28-15(3)14(2)20-22(28)24-13-27-23(20)25-21(26-27)18-7-5-6-8-19(18)29/h5-13,29H,4H2,1-3H3. The molecule has 3 heterocycles. The molecule has 0 amide bonds. The van der Waals surface area contributed by atoms with E-state index in [4.69, 9.17) is 9.72 Å². The van der Waals surface area contributed by atoms with Crippen molar-refractivity contribution in [3.63, 3.8) is 0 Å². The summed E-state index contributed by atoms with van der Waals surface area (Å²) in [6.07, 6.45) is 1.66. The summed E-state index contributed by atoms with van der Waals surface area (Å²) in [6, 6.07) is 15.0. The van der Waals surface area contributed by atoms with Gasteiger partial charge >= 0.3 is 0 Å². The number of nitrogens with zero attached hydrogens (tertiary/aromatic N) is 5. The number of phenolic OH excluding ortho intramolecular Hbond substituents is 1. The molecule has 0 aliphatic carbocycles. The smallest absolute Gasteiger partial charge is 0.185 e. The predicted molar refractivity (Wildman–Crippen MR) is 115 cm³/mol. The van der Waals surface area contributed by atoms with Crippen molar-refractivity contribution in [2.75, 3.05) is 6.61 Å². The molecular formula is C23H21N5O2. The highest BCUT2D eigenvalue weighted by atomic mass is 16.5. The minimum absolute atomic E-state index is 0.150. The molecular weight excluding hydrogens is 378 g/mol. The quantitative estimate of drug-likeness (QED) is 0.483. The molecule has 5 aromatic rings. The van der Waals surface area contributed by atoms with Crippen LogP contribution in [0.4, 0.5) is 0 Å². The van der Waals surface area contributed by atoms with Crippen LogP contribution in [0.1, 0.15) is 18.2 Å². The zero-order valence-electron chi connectivity index (χ0n) is 17.0. The zero-order valence-corrected chi connectivity index (χ0v) is 17.0. The molecule has 0 atom stereocenters. The van der Waals surface area contributed by atoms with E-state index >= 15 is 0 Å². The Kier molecular flexibility index (Phi) is 4.17. The molecule has 1 N–H and O–H groups in total. The van der Waals surface area contributed by atoms with E-state index in [1.165, 1.54) is 0 Å². The van der Waals surface area contributed by atoms with Crippen molar-refractivity contribution in [1.82, 2.24) is 24.1 Å². The molecule has 3 aromatic heterocycles. The molecule has 0 unspecified atom stereocenters.